The van der Waals surface area contributed by atoms with Crippen molar-refractivity contribution in [2.24, 2.45) is 0 Å². The monoisotopic (exact) mass is 162 g/mol. The molecule has 0 fully saturated rings. The largest absolute Gasteiger partial charge is 0.457 e. The van der Waals surface area contributed by atoms with Crippen molar-refractivity contribution < 1.29 is 14.3 Å². The molecule has 1 aliphatic heterocycles. The van der Waals surface area contributed by atoms with Crippen molar-refractivity contribution >= 4 is 11.7 Å². The number of carbonyl (C=O) groups excluding carboxylic acids is 1. The van der Waals surface area contributed by atoms with E-state index in [1.165, 1.54) is 0 Å². The van der Waals surface area contributed by atoms with Crippen LogP contribution in [-0.4, -0.2) is 23.1 Å². The van der Waals surface area contributed by atoms with E-state index in [-0.39, 0.29) is 5.97 Å². The van der Waals surface area contributed by atoms with E-state index in [0.29, 0.717) is 24.3 Å². The normalized spacial score (nSPS) is 20.7. The average molecular weight is 162 g/mol. The van der Waals surface area contributed by atoms with Gasteiger partial charge in [0, 0.05) is 11.6 Å². The third kappa shape index (κ3) is 0.898. The van der Waals surface area contributed by atoms with Crippen LogP contribution in [0.4, 0.5) is 0 Å². The second-order valence-electron chi connectivity index (χ2n) is 2.68. The third-order valence-electron chi connectivity index (χ3n) is 1.96. The van der Waals surface area contributed by atoms with Gasteiger partial charge in [-0.1, -0.05) is 0 Å². The van der Waals surface area contributed by atoms with E-state index in [9.17, 15) is 4.79 Å². The van der Waals surface area contributed by atoms with Gasteiger partial charge < -0.3 is 10.3 Å². The summed E-state index contributed by atoms with van der Waals surface area (Å²) in [6, 6.07) is 0. The van der Waals surface area contributed by atoms with Gasteiger partial charge in [0.05, 0.1) is 12.0 Å². The number of hydrogen-bond donors (Lipinski definition) is 0. The molecule has 0 aromatic heterocycles. The number of hydrogen-bond acceptors (Lipinski definition) is 2. The Morgan fingerprint density at radius 3 is 3.08 bits per heavy atom. The molecule has 0 saturated heterocycles. The van der Waals surface area contributed by atoms with E-state index in [1.807, 2.05) is 0 Å². The number of cyclic esters (lactones) is 1. The molecule has 0 spiro atoms. The molecule has 12 heavy (non-hydrogen) atoms. The van der Waals surface area contributed by atoms with Gasteiger partial charge in [-0.25, -0.2) is 4.79 Å². The van der Waals surface area contributed by atoms with Crippen molar-refractivity contribution in [3.8, 4) is 0 Å². The first kappa shape index (κ1) is 7.00. The molecule has 4 nitrogen and oxygen atoms in total. The van der Waals surface area contributed by atoms with Crippen LogP contribution in [0.5, 0.6) is 0 Å². The summed E-state index contributed by atoms with van der Waals surface area (Å²) in [5.41, 5.74) is 10.5. The van der Waals surface area contributed by atoms with Crippen LogP contribution in [0.1, 0.15) is 6.42 Å². The lowest BCUT2D eigenvalue weighted by atomic mass is 9.99. The summed E-state index contributed by atoms with van der Waals surface area (Å²) in [4.78, 5) is 14.0. The number of rotatable bonds is 0. The molecule has 0 saturated carbocycles. The standard InChI is InChI=1S/C8H6N2O2/c9-10-6-2-1-5-4-12-8(11)7(5)3-6/h1-2H,3-4H2. The fraction of sp³-hybridized carbons (Fsp3) is 0.250. The molecule has 4 heteroatoms. The second kappa shape index (κ2) is 2.43. The highest BCUT2D eigenvalue weighted by molar-refractivity contribution is 6.04. The molecular weight excluding hydrogens is 156 g/mol. The first-order valence-electron chi connectivity index (χ1n) is 3.59. The van der Waals surface area contributed by atoms with Gasteiger partial charge in [0.1, 0.15) is 6.61 Å². The summed E-state index contributed by atoms with van der Waals surface area (Å²) >= 11 is 0. The van der Waals surface area contributed by atoms with E-state index in [1.54, 1.807) is 12.2 Å². The minimum absolute atomic E-state index is 0.296. The maximum absolute atomic E-state index is 11.0. The smallest absolute Gasteiger partial charge is 0.335 e. The quantitative estimate of drug-likeness (QED) is 0.295. The molecule has 2 rings (SSSR count). The molecule has 0 bridgehead atoms. The highest BCUT2D eigenvalue weighted by Gasteiger charge is 2.29. The number of ether oxygens (including phenoxy) is 1. The fourth-order valence-corrected chi connectivity index (χ4v) is 1.29. The van der Waals surface area contributed by atoms with Gasteiger partial charge >= 0.3 is 5.97 Å². The Morgan fingerprint density at radius 1 is 1.50 bits per heavy atom. The third-order valence-corrected chi connectivity index (χ3v) is 1.96. The molecule has 0 aromatic rings. The predicted octanol–water partition coefficient (Wildman–Crippen LogP) is 0.470. The Bertz CT molecular complexity index is 359. The number of carbonyl (C=O) groups is 1. The summed E-state index contributed by atoms with van der Waals surface area (Å²) in [5.74, 6) is -0.296. The van der Waals surface area contributed by atoms with Gasteiger partial charge in [-0.15, -0.1) is 0 Å². The zero-order chi connectivity index (χ0) is 8.55. The van der Waals surface area contributed by atoms with Crippen molar-refractivity contribution in [1.29, 1.82) is 0 Å². The van der Waals surface area contributed by atoms with Crippen molar-refractivity contribution in [2.75, 3.05) is 6.61 Å². The lowest BCUT2D eigenvalue weighted by molar-refractivity contribution is -0.136. The van der Waals surface area contributed by atoms with Gasteiger partial charge in [-0.05, 0) is 6.08 Å². The van der Waals surface area contributed by atoms with Gasteiger partial charge in [-0.2, -0.15) is 4.79 Å². The zero-order valence-electron chi connectivity index (χ0n) is 6.28. The minimum Gasteiger partial charge on any atom is -0.457 e. The van der Waals surface area contributed by atoms with Crippen LogP contribution in [0, 0.1) is 0 Å². The Hall–Kier alpha value is -1.67. The summed E-state index contributed by atoms with van der Waals surface area (Å²) in [6.45, 7) is 0.351. The van der Waals surface area contributed by atoms with E-state index in [2.05, 4.69) is 4.79 Å². The summed E-state index contributed by atoms with van der Waals surface area (Å²) in [7, 11) is 0. The Morgan fingerprint density at radius 2 is 2.33 bits per heavy atom. The minimum atomic E-state index is -0.296. The molecule has 1 aliphatic carbocycles. The molecule has 1 heterocycles. The van der Waals surface area contributed by atoms with Crippen LogP contribution in [0.25, 0.3) is 5.53 Å². The highest BCUT2D eigenvalue weighted by atomic mass is 16.5. The zero-order valence-corrected chi connectivity index (χ0v) is 6.28. The molecular formula is C8H6N2O2. The van der Waals surface area contributed by atoms with Gasteiger partial charge in [-0.3, -0.25) is 0 Å². The highest BCUT2D eigenvalue weighted by Crippen LogP contribution is 2.23. The van der Waals surface area contributed by atoms with Gasteiger partial charge in [0.25, 0.3) is 5.71 Å². The van der Waals surface area contributed by atoms with Crippen molar-refractivity contribution in [3.05, 3.63) is 28.8 Å². The first-order chi connectivity index (χ1) is 5.81. The first-order valence-corrected chi connectivity index (χ1v) is 3.59. The molecule has 0 atom stereocenters. The topological polar surface area (TPSA) is 62.7 Å². The van der Waals surface area contributed by atoms with Crippen molar-refractivity contribution in [3.63, 3.8) is 0 Å². The lowest BCUT2D eigenvalue weighted by Gasteiger charge is -1.98. The average Bonchev–Trinajstić information content (AvgIpc) is 2.47. The van der Waals surface area contributed by atoms with E-state index in [4.69, 9.17) is 10.3 Å². The van der Waals surface area contributed by atoms with Crippen LogP contribution in [-0.2, 0) is 9.53 Å². The van der Waals surface area contributed by atoms with Crippen molar-refractivity contribution in [2.45, 2.75) is 6.42 Å². The molecule has 60 valence electrons. The van der Waals surface area contributed by atoms with Gasteiger partial charge in [0.15, 0.2) is 0 Å². The fourth-order valence-electron chi connectivity index (χ4n) is 1.29. The molecule has 0 unspecified atom stereocenters. The van der Waals surface area contributed by atoms with Crippen LogP contribution >= 0.6 is 0 Å². The Labute approximate surface area is 68.8 Å². The molecule has 0 aromatic carbocycles. The number of allylic oxidation sites excluding steroid dienone is 1. The van der Waals surface area contributed by atoms with Crippen molar-refractivity contribution in [1.82, 2.24) is 0 Å². The van der Waals surface area contributed by atoms with E-state index >= 15 is 0 Å². The molecule has 0 amide bonds. The summed E-state index contributed by atoms with van der Waals surface area (Å²) in [5, 5.41) is 0. The van der Waals surface area contributed by atoms with Gasteiger partial charge in [0.2, 0.25) is 0 Å². The number of esters is 1. The Balaban J connectivity index is 2.40. The van der Waals surface area contributed by atoms with E-state index < -0.39 is 0 Å². The molecule has 0 radical (unpaired) electrons. The maximum atomic E-state index is 11.0. The Kier molecular flexibility index (Phi) is 1.42. The van der Waals surface area contributed by atoms with Crippen LogP contribution in [0.2, 0.25) is 0 Å². The lowest BCUT2D eigenvalue weighted by Crippen LogP contribution is -2.07. The van der Waals surface area contributed by atoms with Crippen LogP contribution in [0.15, 0.2) is 23.3 Å². The number of nitrogens with zero attached hydrogens (tertiary/aromatic N) is 2. The predicted molar refractivity (Wildman–Crippen MR) is 40.4 cm³/mol. The maximum Gasteiger partial charge on any atom is 0.335 e. The van der Waals surface area contributed by atoms with Crippen LogP contribution < -0.4 is 0 Å². The SMILES string of the molecule is [N-]=[N+]=C1C=CC2=C(C1)C(=O)OC2. The van der Waals surface area contributed by atoms with E-state index in [0.717, 1.165) is 5.57 Å². The van der Waals surface area contributed by atoms with Crippen LogP contribution in [0.3, 0.4) is 0 Å². The summed E-state index contributed by atoms with van der Waals surface area (Å²) in [6.07, 6.45) is 3.81. The summed E-state index contributed by atoms with van der Waals surface area (Å²) < 4.78 is 4.79. The second-order valence-corrected chi connectivity index (χ2v) is 2.68. The molecule has 2 aliphatic rings. The molecule has 0 N–H and O–H groups in total.